The Bertz CT molecular complexity index is 420. The summed E-state index contributed by atoms with van der Waals surface area (Å²) in [6, 6.07) is 1.97. The van der Waals surface area contributed by atoms with Crippen molar-refractivity contribution < 1.29 is 9.53 Å². The summed E-state index contributed by atoms with van der Waals surface area (Å²) in [5.74, 6) is 0. The molecule has 2 rings (SSSR count). The van der Waals surface area contributed by atoms with Crippen LogP contribution in [0, 0.1) is 0 Å². The number of ether oxygens (including phenoxy) is 1. The van der Waals surface area contributed by atoms with Crippen LogP contribution in [0.2, 0.25) is 0 Å². The Morgan fingerprint density at radius 2 is 2.37 bits per heavy atom. The molecule has 1 aromatic heterocycles. The van der Waals surface area contributed by atoms with Gasteiger partial charge in [-0.1, -0.05) is 0 Å². The van der Waals surface area contributed by atoms with Crippen molar-refractivity contribution in [1.82, 2.24) is 15.0 Å². The standard InChI is InChI=1S/C13H21N3O2S/c1-12(2,3)18-11(17)15-13(6-4-7-14-9-13)10-5-8-19-16-10/h5,8,14H,4,6-7,9H2,1-3H3,(H,15,17). The van der Waals surface area contributed by atoms with E-state index < -0.39 is 11.1 Å². The third kappa shape index (κ3) is 3.67. The van der Waals surface area contributed by atoms with Crippen molar-refractivity contribution in [3.63, 3.8) is 0 Å². The highest BCUT2D eigenvalue weighted by Crippen LogP contribution is 2.28. The number of hydrogen-bond acceptors (Lipinski definition) is 5. The maximum Gasteiger partial charge on any atom is 0.408 e. The second kappa shape index (κ2) is 5.46. The minimum absolute atomic E-state index is 0.385. The zero-order valence-electron chi connectivity index (χ0n) is 11.7. The molecule has 1 aliphatic heterocycles. The van der Waals surface area contributed by atoms with Gasteiger partial charge >= 0.3 is 6.09 Å². The summed E-state index contributed by atoms with van der Waals surface area (Å²) in [5.41, 5.74) is -0.0219. The van der Waals surface area contributed by atoms with Crippen LogP contribution < -0.4 is 10.6 Å². The fraction of sp³-hybridized carbons (Fsp3) is 0.692. The molecule has 0 bridgehead atoms. The van der Waals surface area contributed by atoms with Crippen molar-refractivity contribution in [1.29, 1.82) is 0 Å². The maximum atomic E-state index is 12.0. The average Bonchev–Trinajstić information content (AvgIpc) is 2.81. The van der Waals surface area contributed by atoms with E-state index in [1.165, 1.54) is 11.5 Å². The molecule has 1 aliphatic rings. The number of aromatic nitrogens is 1. The van der Waals surface area contributed by atoms with Crippen molar-refractivity contribution >= 4 is 17.6 Å². The summed E-state index contributed by atoms with van der Waals surface area (Å²) in [4.78, 5) is 12.0. The molecule has 1 aromatic rings. The minimum Gasteiger partial charge on any atom is -0.444 e. The lowest BCUT2D eigenvalue weighted by Gasteiger charge is -2.37. The van der Waals surface area contributed by atoms with Crippen LogP contribution in [0.3, 0.4) is 0 Å². The predicted molar refractivity (Wildman–Crippen MR) is 75.3 cm³/mol. The predicted octanol–water partition coefficient (Wildman–Crippen LogP) is 2.25. The monoisotopic (exact) mass is 283 g/mol. The maximum absolute atomic E-state index is 12.0. The number of rotatable bonds is 2. The molecule has 2 heterocycles. The summed E-state index contributed by atoms with van der Waals surface area (Å²) in [6.45, 7) is 7.25. The Morgan fingerprint density at radius 1 is 1.58 bits per heavy atom. The van der Waals surface area contributed by atoms with Crippen LogP contribution >= 0.6 is 11.5 Å². The lowest BCUT2D eigenvalue weighted by molar-refractivity contribution is 0.0428. The lowest BCUT2D eigenvalue weighted by Crippen LogP contribution is -2.56. The number of carbonyl (C=O) groups excluding carboxylic acids is 1. The van der Waals surface area contributed by atoms with E-state index in [1.807, 2.05) is 32.2 Å². The normalized spacial score (nSPS) is 23.9. The molecule has 19 heavy (non-hydrogen) atoms. The molecule has 1 unspecified atom stereocenters. The van der Waals surface area contributed by atoms with E-state index in [0.29, 0.717) is 6.54 Å². The van der Waals surface area contributed by atoms with E-state index in [2.05, 4.69) is 15.0 Å². The first-order valence-electron chi connectivity index (χ1n) is 6.54. The molecule has 2 N–H and O–H groups in total. The van der Waals surface area contributed by atoms with E-state index in [0.717, 1.165) is 25.1 Å². The zero-order chi connectivity index (χ0) is 13.9. The van der Waals surface area contributed by atoms with Crippen LogP contribution in [-0.4, -0.2) is 29.2 Å². The molecule has 0 aromatic carbocycles. The SMILES string of the molecule is CC(C)(C)OC(=O)NC1(c2ccsn2)CCCNC1. The first-order chi connectivity index (χ1) is 8.91. The summed E-state index contributed by atoms with van der Waals surface area (Å²) in [5, 5.41) is 8.27. The summed E-state index contributed by atoms with van der Waals surface area (Å²) < 4.78 is 9.75. The van der Waals surface area contributed by atoms with E-state index in [9.17, 15) is 4.79 Å². The van der Waals surface area contributed by atoms with Gasteiger partial charge in [-0.15, -0.1) is 0 Å². The summed E-state index contributed by atoms with van der Waals surface area (Å²) in [6.07, 6.45) is 1.50. The van der Waals surface area contributed by atoms with Gasteiger partial charge in [0.15, 0.2) is 0 Å². The minimum atomic E-state index is -0.491. The van der Waals surface area contributed by atoms with Crippen LogP contribution in [0.5, 0.6) is 0 Å². The van der Waals surface area contributed by atoms with Gasteiger partial charge in [0.2, 0.25) is 0 Å². The molecule has 6 heteroatoms. The summed E-state index contributed by atoms with van der Waals surface area (Å²) in [7, 11) is 0. The Labute approximate surface area is 117 Å². The van der Waals surface area contributed by atoms with Gasteiger partial charge < -0.3 is 15.4 Å². The molecule has 1 saturated heterocycles. The molecule has 1 fully saturated rings. The van der Waals surface area contributed by atoms with Crippen LogP contribution in [0.25, 0.3) is 0 Å². The van der Waals surface area contributed by atoms with Crippen LogP contribution in [0.4, 0.5) is 4.79 Å². The van der Waals surface area contributed by atoms with Crippen LogP contribution in [0.15, 0.2) is 11.4 Å². The summed E-state index contributed by atoms with van der Waals surface area (Å²) >= 11 is 1.40. The number of hydrogen-bond donors (Lipinski definition) is 2. The first kappa shape index (κ1) is 14.3. The van der Waals surface area contributed by atoms with Gasteiger partial charge in [0.1, 0.15) is 5.60 Å². The first-order valence-corrected chi connectivity index (χ1v) is 7.38. The number of carbonyl (C=O) groups is 1. The van der Waals surface area contributed by atoms with Crippen molar-refractivity contribution in [3.8, 4) is 0 Å². The number of nitrogens with zero attached hydrogens (tertiary/aromatic N) is 1. The fourth-order valence-corrected chi connectivity index (χ4v) is 2.85. The number of piperidine rings is 1. The third-order valence-electron chi connectivity index (χ3n) is 3.05. The molecule has 0 spiro atoms. The van der Waals surface area contributed by atoms with E-state index in [4.69, 9.17) is 4.74 Å². The smallest absolute Gasteiger partial charge is 0.408 e. The Hall–Kier alpha value is -1.14. The van der Waals surface area contributed by atoms with E-state index >= 15 is 0 Å². The van der Waals surface area contributed by atoms with E-state index in [-0.39, 0.29) is 6.09 Å². The second-order valence-electron chi connectivity index (χ2n) is 5.87. The highest BCUT2D eigenvalue weighted by Gasteiger charge is 2.38. The molecule has 0 saturated carbocycles. The van der Waals surface area contributed by atoms with Gasteiger partial charge in [0.25, 0.3) is 0 Å². The van der Waals surface area contributed by atoms with Crippen molar-refractivity contribution in [2.24, 2.45) is 0 Å². The number of nitrogens with one attached hydrogen (secondary N) is 2. The highest BCUT2D eigenvalue weighted by atomic mass is 32.1. The van der Waals surface area contributed by atoms with Gasteiger partial charge in [-0.3, -0.25) is 0 Å². The Balaban J connectivity index is 2.13. The van der Waals surface area contributed by atoms with Crippen LogP contribution in [-0.2, 0) is 10.3 Å². The molecule has 0 aliphatic carbocycles. The second-order valence-corrected chi connectivity index (χ2v) is 6.54. The molecule has 0 radical (unpaired) electrons. The highest BCUT2D eigenvalue weighted by molar-refractivity contribution is 7.03. The van der Waals surface area contributed by atoms with Gasteiger partial charge in [-0.2, -0.15) is 4.37 Å². The van der Waals surface area contributed by atoms with Gasteiger partial charge in [-0.05, 0) is 57.8 Å². The fourth-order valence-electron chi connectivity index (χ4n) is 2.25. The third-order valence-corrected chi connectivity index (χ3v) is 3.61. The zero-order valence-corrected chi connectivity index (χ0v) is 12.5. The Kier molecular flexibility index (Phi) is 4.10. The van der Waals surface area contributed by atoms with Crippen LogP contribution in [0.1, 0.15) is 39.3 Å². The molecule has 1 amide bonds. The van der Waals surface area contributed by atoms with Crippen molar-refractivity contribution in [3.05, 3.63) is 17.1 Å². The average molecular weight is 283 g/mol. The topological polar surface area (TPSA) is 63.2 Å². The van der Waals surface area contributed by atoms with Gasteiger partial charge in [0.05, 0.1) is 11.2 Å². The van der Waals surface area contributed by atoms with Gasteiger partial charge in [0, 0.05) is 11.9 Å². The molecular formula is C13H21N3O2S. The number of alkyl carbamates (subject to hydrolysis) is 1. The van der Waals surface area contributed by atoms with E-state index in [1.54, 1.807) is 0 Å². The number of amides is 1. The molecular weight excluding hydrogens is 262 g/mol. The quantitative estimate of drug-likeness (QED) is 0.874. The molecule has 106 valence electrons. The Morgan fingerprint density at radius 3 is 2.89 bits per heavy atom. The largest absolute Gasteiger partial charge is 0.444 e. The van der Waals surface area contributed by atoms with Crippen molar-refractivity contribution in [2.45, 2.75) is 44.8 Å². The molecule has 1 atom stereocenters. The lowest BCUT2D eigenvalue weighted by atomic mass is 9.87. The van der Waals surface area contributed by atoms with Crippen molar-refractivity contribution in [2.75, 3.05) is 13.1 Å². The van der Waals surface area contributed by atoms with Gasteiger partial charge in [-0.25, -0.2) is 4.79 Å². The molecule has 5 nitrogen and oxygen atoms in total.